The van der Waals surface area contributed by atoms with Crippen molar-refractivity contribution in [1.82, 2.24) is 10.3 Å². The minimum absolute atomic E-state index is 0.584. The topological polar surface area (TPSA) is 49.4 Å². The summed E-state index contributed by atoms with van der Waals surface area (Å²) in [6.45, 7) is 7.43. The monoisotopic (exact) mass is 384 g/mol. The van der Waals surface area contributed by atoms with Crippen LogP contribution in [0.1, 0.15) is 25.8 Å². The first-order valence-electron chi connectivity index (χ1n) is 9.42. The van der Waals surface area contributed by atoms with E-state index in [9.17, 15) is 0 Å². The molecular weight excluding hydrogens is 356 g/mol. The summed E-state index contributed by atoms with van der Waals surface area (Å²) in [6, 6.07) is 12.0. The van der Waals surface area contributed by atoms with Crippen LogP contribution in [0.25, 0.3) is 0 Å². The molecule has 2 heterocycles. The van der Waals surface area contributed by atoms with Gasteiger partial charge in [-0.25, -0.2) is 4.98 Å². The normalized spacial score (nSPS) is 19.4. The number of ether oxygens (including phenoxy) is 1. The number of nitrogens with one attached hydrogen (secondary N) is 2. The number of benzene rings is 1. The fourth-order valence-electron chi connectivity index (χ4n) is 3.60. The van der Waals surface area contributed by atoms with Crippen molar-refractivity contribution in [1.29, 1.82) is 0 Å². The molecular formula is C21H28N4OS. The number of methoxy groups -OCH3 is 1. The largest absolute Gasteiger partial charge is 0.497 e. The third kappa shape index (κ3) is 5.57. The van der Waals surface area contributed by atoms with E-state index in [1.54, 1.807) is 7.11 Å². The molecule has 1 aromatic heterocycles. The van der Waals surface area contributed by atoms with Crippen LogP contribution in [0.2, 0.25) is 0 Å². The van der Waals surface area contributed by atoms with Gasteiger partial charge < -0.3 is 20.3 Å². The molecule has 0 spiro atoms. The van der Waals surface area contributed by atoms with Crippen molar-refractivity contribution in [3.05, 3.63) is 48.2 Å². The van der Waals surface area contributed by atoms with Crippen LogP contribution in [-0.2, 0) is 6.54 Å². The van der Waals surface area contributed by atoms with Gasteiger partial charge in [-0.3, -0.25) is 0 Å². The molecule has 0 amide bonds. The lowest BCUT2D eigenvalue weighted by Crippen LogP contribution is -2.39. The van der Waals surface area contributed by atoms with E-state index in [0.717, 1.165) is 35.9 Å². The Morgan fingerprint density at radius 3 is 2.44 bits per heavy atom. The Labute approximate surface area is 167 Å². The Morgan fingerprint density at radius 1 is 1.15 bits per heavy atom. The summed E-state index contributed by atoms with van der Waals surface area (Å²) < 4.78 is 5.17. The number of hydrogen-bond acceptors (Lipinski definition) is 4. The highest BCUT2D eigenvalue weighted by Crippen LogP contribution is 2.25. The fraction of sp³-hybridized carbons (Fsp3) is 0.429. The third-order valence-electron chi connectivity index (χ3n) is 4.81. The molecule has 3 rings (SSSR count). The Hall–Kier alpha value is -2.34. The molecule has 1 saturated heterocycles. The van der Waals surface area contributed by atoms with E-state index >= 15 is 0 Å². The van der Waals surface area contributed by atoms with E-state index < -0.39 is 0 Å². The molecule has 1 fully saturated rings. The number of anilines is 2. The lowest BCUT2D eigenvalue weighted by Gasteiger charge is -2.35. The van der Waals surface area contributed by atoms with E-state index in [0.29, 0.717) is 23.5 Å². The smallest absolute Gasteiger partial charge is 0.171 e. The molecule has 1 aliphatic heterocycles. The molecule has 1 aromatic carbocycles. The van der Waals surface area contributed by atoms with Crippen LogP contribution in [0, 0.1) is 11.8 Å². The average molecular weight is 385 g/mol. The summed E-state index contributed by atoms with van der Waals surface area (Å²) in [4.78, 5) is 7.00. The summed E-state index contributed by atoms with van der Waals surface area (Å²) in [7, 11) is 1.66. The number of aromatic nitrogens is 1. The number of nitrogens with zero attached hydrogens (tertiary/aromatic N) is 2. The van der Waals surface area contributed by atoms with Gasteiger partial charge >= 0.3 is 0 Å². The molecule has 2 aromatic rings. The van der Waals surface area contributed by atoms with Crippen LogP contribution in [-0.4, -0.2) is 30.3 Å². The quantitative estimate of drug-likeness (QED) is 0.758. The summed E-state index contributed by atoms with van der Waals surface area (Å²) >= 11 is 5.39. The standard InChI is InChI=1S/C21H28N4OS/c1-15-10-16(2)14-25(13-15)20-9-6-18(12-22-20)24-21(27)23-11-17-4-7-19(26-3)8-5-17/h4-9,12,15-16H,10-11,13-14H2,1-3H3,(H2,23,24,27). The Bertz CT molecular complexity index is 738. The molecule has 0 aliphatic carbocycles. The van der Waals surface area contributed by atoms with Crippen LogP contribution in [0.4, 0.5) is 11.5 Å². The summed E-state index contributed by atoms with van der Waals surface area (Å²) in [5.41, 5.74) is 2.03. The van der Waals surface area contributed by atoms with Gasteiger partial charge in [0.25, 0.3) is 0 Å². The van der Waals surface area contributed by atoms with Gasteiger partial charge in [-0.1, -0.05) is 26.0 Å². The van der Waals surface area contributed by atoms with Gasteiger partial charge in [0.2, 0.25) is 0 Å². The van der Waals surface area contributed by atoms with Crippen LogP contribution in [0.3, 0.4) is 0 Å². The minimum Gasteiger partial charge on any atom is -0.497 e. The zero-order chi connectivity index (χ0) is 19.2. The number of rotatable bonds is 5. The highest BCUT2D eigenvalue weighted by Gasteiger charge is 2.22. The van der Waals surface area contributed by atoms with Crippen molar-refractivity contribution in [2.24, 2.45) is 11.8 Å². The van der Waals surface area contributed by atoms with Crippen LogP contribution >= 0.6 is 12.2 Å². The van der Waals surface area contributed by atoms with E-state index in [-0.39, 0.29) is 0 Å². The van der Waals surface area contributed by atoms with Gasteiger partial charge in [-0.15, -0.1) is 0 Å². The van der Waals surface area contributed by atoms with E-state index in [2.05, 4.69) is 40.4 Å². The molecule has 5 nitrogen and oxygen atoms in total. The molecule has 2 N–H and O–H groups in total. The van der Waals surface area contributed by atoms with Crippen molar-refractivity contribution in [3.63, 3.8) is 0 Å². The van der Waals surface area contributed by atoms with E-state index in [1.165, 1.54) is 6.42 Å². The molecule has 144 valence electrons. The molecule has 2 unspecified atom stereocenters. The Balaban J connectivity index is 1.50. The predicted octanol–water partition coefficient (Wildman–Crippen LogP) is 4.06. The summed E-state index contributed by atoms with van der Waals surface area (Å²) in [5, 5.41) is 7.00. The van der Waals surface area contributed by atoms with Crippen molar-refractivity contribution in [2.45, 2.75) is 26.8 Å². The summed E-state index contributed by atoms with van der Waals surface area (Å²) in [5.74, 6) is 3.31. The maximum Gasteiger partial charge on any atom is 0.171 e. The second-order valence-electron chi connectivity index (χ2n) is 7.41. The first-order valence-corrected chi connectivity index (χ1v) is 9.83. The minimum atomic E-state index is 0.584. The molecule has 0 bridgehead atoms. The lowest BCUT2D eigenvalue weighted by atomic mass is 9.92. The van der Waals surface area contributed by atoms with Crippen molar-refractivity contribution >= 4 is 28.8 Å². The fourth-order valence-corrected chi connectivity index (χ4v) is 3.79. The van der Waals surface area contributed by atoms with E-state index in [4.69, 9.17) is 17.0 Å². The average Bonchev–Trinajstić information content (AvgIpc) is 2.66. The Morgan fingerprint density at radius 2 is 1.85 bits per heavy atom. The molecule has 27 heavy (non-hydrogen) atoms. The lowest BCUT2D eigenvalue weighted by molar-refractivity contribution is 0.355. The number of thiocarbonyl (C=S) groups is 1. The third-order valence-corrected chi connectivity index (χ3v) is 5.06. The zero-order valence-electron chi connectivity index (χ0n) is 16.2. The van der Waals surface area contributed by atoms with E-state index in [1.807, 2.05) is 36.5 Å². The molecule has 6 heteroatoms. The van der Waals surface area contributed by atoms with Crippen molar-refractivity contribution in [2.75, 3.05) is 30.4 Å². The van der Waals surface area contributed by atoms with Gasteiger partial charge in [0, 0.05) is 19.6 Å². The first-order chi connectivity index (χ1) is 13.0. The first kappa shape index (κ1) is 19.4. The highest BCUT2D eigenvalue weighted by atomic mass is 32.1. The highest BCUT2D eigenvalue weighted by molar-refractivity contribution is 7.80. The second kappa shape index (κ2) is 9.04. The molecule has 2 atom stereocenters. The van der Waals surface area contributed by atoms with Crippen LogP contribution < -0.4 is 20.3 Å². The summed E-state index contributed by atoms with van der Waals surface area (Å²) in [6.07, 6.45) is 3.14. The van der Waals surface area contributed by atoms with Gasteiger partial charge in [0.05, 0.1) is 19.0 Å². The predicted molar refractivity (Wildman–Crippen MR) is 115 cm³/mol. The number of pyridine rings is 1. The molecule has 0 radical (unpaired) electrons. The maximum absolute atomic E-state index is 5.39. The maximum atomic E-state index is 5.39. The SMILES string of the molecule is COc1ccc(CNC(=S)Nc2ccc(N3CC(C)CC(C)C3)nc2)cc1. The van der Waals surface area contributed by atoms with Crippen LogP contribution in [0.5, 0.6) is 5.75 Å². The van der Waals surface area contributed by atoms with Gasteiger partial charge in [-0.2, -0.15) is 0 Å². The number of hydrogen-bond donors (Lipinski definition) is 2. The van der Waals surface area contributed by atoms with Crippen molar-refractivity contribution in [3.8, 4) is 5.75 Å². The van der Waals surface area contributed by atoms with Gasteiger partial charge in [0.15, 0.2) is 5.11 Å². The molecule has 0 saturated carbocycles. The van der Waals surface area contributed by atoms with Crippen molar-refractivity contribution < 1.29 is 4.74 Å². The van der Waals surface area contributed by atoms with Gasteiger partial charge in [-0.05, 0) is 60.3 Å². The Kier molecular flexibility index (Phi) is 6.50. The number of piperidine rings is 1. The molecule has 1 aliphatic rings. The second-order valence-corrected chi connectivity index (χ2v) is 7.82. The zero-order valence-corrected chi connectivity index (χ0v) is 17.1. The van der Waals surface area contributed by atoms with Crippen LogP contribution in [0.15, 0.2) is 42.6 Å². The van der Waals surface area contributed by atoms with Gasteiger partial charge in [0.1, 0.15) is 11.6 Å².